The normalized spacial score (nSPS) is 15.1. The van der Waals surface area contributed by atoms with E-state index < -0.39 is 0 Å². The van der Waals surface area contributed by atoms with E-state index in [9.17, 15) is 0 Å². The summed E-state index contributed by atoms with van der Waals surface area (Å²) in [4.78, 5) is 0. The highest BCUT2D eigenvalue weighted by molar-refractivity contribution is 5.12. The number of aromatic nitrogens is 3. The largest absolute Gasteiger partial charge is 0.249 e. The molecule has 3 nitrogen and oxygen atoms in total. The standard InChI is InChI=1S/C5H7N3/c1-4-5-2-3-8(5)7-6-4/h2-3H2,1H3. The second kappa shape index (κ2) is 1.10. The zero-order chi connectivity index (χ0) is 5.56. The fourth-order valence-corrected chi connectivity index (χ4v) is 0.969. The molecule has 0 saturated heterocycles. The molecule has 0 radical (unpaired) electrons. The van der Waals surface area contributed by atoms with Gasteiger partial charge in [0.15, 0.2) is 0 Å². The van der Waals surface area contributed by atoms with E-state index in [0.717, 1.165) is 12.2 Å². The van der Waals surface area contributed by atoms with Crippen molar-refractivity contribution in [3.8, 4) is 0 Å². The number of hydrogen-bond donors (Lipinski definition) is 0. The molecule has 0 amide bonds. The minimum absolute atomic E-state index is 1.07. The summed E-state index contributed by atoms with van der Waals surface area (Å²) in [5, 5.41) is 7.76. The van der Waals surface area contributed by atoms with Crippen molar-refractivity contribution in [1.82, 2.24) is 15.0 Å². The first kappa shape index (κ1) is 4.06. The summed E-state index contributed by atoms with van der Waals surface area (Å²) < 4.78 is 1.94. The van der Waals surface area contributed by atoms with Gasteiger partial charge in [-0.2, -0.15) is 0 Å². The Bertz CT molecular complexity index is 200. The van der Waals surface area contributed by atoms with Gasteiger partial charge in [-0.05, 0) is 6.92 Å². The first-order valence-corrected chi connectivity index (χ1v) is 2.77. The molecule has 2 heterocycles. The fraction of sp³-hybridized carbons (Fsp3) is 0.600. The van der Waals surface area contributed by atoms with Crippen LogP contribution in [0.2, 0.25) is 0 Å². The summed E-state index contributed by atoms with van der Waals surface area (Å²) in [6.45, 7) is 3.06. The molecular weight excluding hydrogens is 102 g/mol. The number of fused-ring (bicyclic) bond motifs is 1. The van der Waals surface area contributed by atoms with E-state index in [1.807, 2.05) is 11.6 Å². The minimum atomic E-state index is 1.07. The predicted octanol–water partition coefficient (Wildman–Crippen LogP) is 0.143. The van der Waals surface area contributed by atoms with Gasteiger partial charge in [0.2, 0.25) is 0 Å². The summed E-state index contributed by atoms with van der Waals surface area (Å²) in [6, 6.07) is 0. The van der Waals surface area contributed by atoms with Gasteiger partial charge < -0.3 is 0 Å². The molecule has 2 rings (SSSR count). The van der Waals surface area contributed by atoms with Crippen LogP contribution in [0.25, 0.3) is 0 Å². The number of hydrogen-bond acceptors (Lipinski definition) is 2. The molecule has 0 spiro atoms. The maximum absolute atomic E-state index is 3.89. The van der Waals surface area contributed by atoms with Crippen LogP contribution >= 0.6 is 0 Å². The average molecular weight is 109 g/mol. The fourth-order valence-electron chi connectivity index (χ4n) is 0.969. The Morgan fingerprint density at radius 2 is 2.50 bits per heavy atom. The number of aryl methyl sites for hydroxylation is 2. The van der Waals surface area contributed by atoms with Gasteiger partial charge in [0.25, 0.3) is 0 Å². The molecule has 0 bridgehead atoms. The lowest BCUT2D eigenvalue weighted by molar-refractivity contribution is 0.478. The molecule has 0 saturated carbocycles. The Hall–Kier alpha value is -0.860. The lowest BCUT2D eigenvalue weighted by Gasteiger charge is -2.13. The van der Waals surface area contributed by atoms with Gasteiger partial charge in [-0.1, -0.05) is 5.21 Å². The summed E-state index contributed by atoms with van der Waals surface area (Å²) in [5.74, 6) is 0. The smallest absolute Gasteiger partial charge is 0.0829 e. The van der Waals surface area contributed by atoms with E-state index in [0.29, 0.717) is 0 Å². The highest BCUT2D eigenvalue weighted by Gasteiger charge is 2.16. The van der Waals surface area contributed by atoms with Crippen LogP contribution in [0.4, 0.5) is 0 Å². The van der Waals surface area contributed by atoms with Gasteiger partial charge in [-0.3, -0.25) is 0 Å². The molecule has 8 heavy (non-hydrogen) atoms. The molecule has 0 N–H and O–H groups in total. The monoisotopic (exact) mass is 109 g/mol. The van der Waals surface area contributed by atoms with E-state index in [1.54, 1.807) is 0 Å². The Kier molecular flexibility index (Phi) is 0.559. The third kappa shape index (κ3) is 0.300. The molecule has 1 aliphatic heterocycles. The second-order valence-electron chi connectivity index (χ2n) is 2.09. The molecule has 1 aromatic heterocycles. The van der Waals surface area contributed by atoms with E-state index >= 15 is 0 Å². The van der Waals surface area contributed by atoms with Crippen molar-refractivity contribution in [3.05, 3.63) is 11.4 Å². The predicted molar refractivity (Wildman–Crippen MR) is 28.5 cm³/mol. The third-order valence-electron chi connectivity index (χ3n) is 1.59. The quantitative estimate of drug-likeness (QED) is 0.474. The molecule has 0 unspecified atom stereocenters. The summed E-state index contributed by atoms with van der Waals surface area (Å²) in [6.07, 6.45) is 1.17. The molecular formula is C5H7N3. The van der Waals surface area contributed by atoms with Crippen molar-refractivity contribution < 1.29 is 0 Å². The topological polar surface area (TPSA) is 30.7 Å². The Balaban J connectivity index is 2.66. The lowest BCUT2D eigenvalue weighted by Crippen LogP contribution is -2.18. The third-order valence-corrected chi connectivity index (χ3v) is 1.59. The lowest BCUT2D eigenvalue weighted by atomic mass is 10.2. The molecule has 1 aromatic rings. The van der Waals surface area contributed by atoms with Crippen molar-refractivity contribution in [2.24, 2.45) is 0 Å². The summed E-state index contributed by atoms with van der Waals surface area (Å²) in [7, 11) is 0. The Morgan fingerprint density at radius 3 is 2.75 bits per heavy atom. The van der Waals surface area contributed by atoms with Crippen molar-refractivity contribution >= 4 is 0 Å². The van der Waals surface area contributed by atoms with Gasteiger partial charge >= 0.3 is 0 Å². The van der Waals surface area contributed by atoms with Crippen LogP contribution in [0.5, 0.6) is 0 Å². The van der Waals surface area contributed by atoms with Crippen LogP contribution in [0.15, 0.2) is 0 Å². The first-order valence-electron chi connectivity index (χ1n) is 2.77. The molecule has 3 heteroatoms. The number of rotatable bonds is 0. The van der Waals surface area contributed by atoms with E-state index in [1.165, 1.54) is 12.1 Å². The van der Waals surface area contributed by atoms with Crippen molar-refractivity contribution in [1.29, 1.82) is 0 Å². The van der Waals surface area contributed by atoms with Crippen molar-refractivity contribution in [2.45, 2.75) is 19.9 Å². The van der Waals surface area contributed by atoms with Gasteiger partial charge in [0.1, 0.15) is 0 Å². The second-order valence-corrected chi connectivity index (χ2v) is 2.09. The highest BCUT2D eigenvalue weighted by atomic mass is 15.4. The SMILES string of the molecule is Cc1nnn2c1CC2. The maximum Gasteiger partial charge on any atom is 0.0829 e. The zero-order valence-electron chi connectivity index (χ0n) is 4.76. The van der Waals surface area contributed by atoms with Crippen molar-refractivity contribution in [2.75, 3.05) is 0 Å². The molecule has 0 aromatic carbocycles. The van der Waals surface area contributed by atoms with Crippen molar-refractivity contribution in [3.63, 3.8) is 0 Å². The first-order chi connectivity index (χ1) is 3.88. The van der Waals surface area contributed by atoms with E-state index in [4.69, 9.17) is 0 Å². The van der Waals surface area contributed by atoms with Gasteiger partial charge in [0.05, 0.1) is 11.4 Å². The van der Waals surface area contributed by atoms with Crippen LogP contribution in [-0.4, -0.2) is 15.0 Å². The van der Waals surface area contributed by atoms with E-state index in [-0.39, 0.29) is 0 Å². The molecule has 42 valence electrons. The van der Waals surface area contributed by atoms with Gasteiger partial charge in [-0.25, -0.2) is 4.68 Å². The number of nitrogens with zero attached hydrogens (tertiary/aromatic N) is 3. The van der Waals surface area contributed by atoms with E-state index in [2.05, 4.69) is 10.3 Å². The Morgan fingerprint density at radius 1 is 1.62 bits per heavy atom. The van der Waals surface area contributed by atoms with Crippen LogP contribution < -0.4 is 0 Å². The molecule has 0 atom stereocenters. The highest BCUT2D eigenvalue weighted by Crippen LogP contribution is 2.13. The molecule has 0 fully saturated rings. The summed E-state index contributed by atoms with van der Waals surface area (Å²) >= 11 is 0. The van der Waals surface area contributed by atoms with Crippen LogP contribution in [0.1, 0.15) is 11.4 Å². The summed E-state index contributed by atoms with van der Waals surface area (Å²) in [5.41, 5.74) is 2.40. The zero-order valence-corrected chi connectivity index (χ0v) is 4.76. The van der Waals surface area contributed by atoms with Crippen LogP contribution in [-0.2, 0) is 13.0 Å². The van der Waals surface area contributed by atoms with Crippen LogP contribution in [0.3, 0.4) is 0 Å². The molecule has 0 aliphatic carbocycles. The Labute approximate surface area is 47.3 Å². The average Bonchev–Trinajstić information content (AvgIpc) is 1.80. The van der Waals surface area contributed by atoms with Gasteiger partial charge in [0, 0.05) is 13.0 Å². The minimum Gasteiger partial charge on any atom is -0.249 e. The van der Waals surface area contributed by atoms with Crippen LogP contribution in [0, 0.1) is 6.92 Å². The van der Waals surface area contributed by atoms with Gasteiger partial charge in [-0.15, -0.1) is 5.10 Å². The molecule has 1 aliphatic rings. The maximum atomic E-state index is 3.89.